The van der Waals surface area contributed by atoms with Crippen LogP contribution in [0.4, 0.5) is 11.4 Å². The number of hydrogen-bond donors (Lipinski definition) is 2. The summed E-state index contributed by atoms with van der Waals surface area (Å²) in [5, 5.41) is 6.35. The molecule has 0 saturated heterocycles. The molecule has 3 aliphatic rings. The topological polar surface area (TPSA) is 117 Å². The van der Waals surface area contributed by atoms with Crippen LogP contribution in [0.25, 0.3) is 0 Å². The van der Waals surface area contributed by atoms with E-state index in [-0.39, 0.29) is 48.9 Å². The summed E-state index contributed by atoms with van der Waals surface area (Å²) < 4.78 is 5.00. The Morgan fingerprint density at radius 1 is 1.08 bits per heavy atom. The van der Waals surface area contributed by atoms with Crippen molar-refractivity contribution >= 4 is 29.1 Å². The predicted molar refractivity (Wildman–Crippen MR) is 139 cm³/mol. The van der Waals surface area contributed by atoms with Gasteiger partial charge in [0.1, 0.15) is 6.54 Å². The third-order valence-corrected chi connectivity index (χ3v) is 7.39. The van der Waals surface area contributed by atoms with Crippen LogP contribution in [0.1, 0.15) is 73.8 Å². The molecule has 1 unspecified atom stereocenters. The van der Waals surface area contributed by atoms with Crippen LogP contribution in [0.2, 0.25) is 0 Å². The molecule has 1 aromatic heterocycles. The lowest BCUT2D eigenvalue weighted by Crippen LogP contribution is -2.51. The van der Waals surface area contributed by atoms with Gasteiger partial charge in [-0.05, 0) is 50.8 Å². The van der Waals surface area contributed by atoms with Gasteiger partial charge in [-0.1, -0.05) is 19.3 Å². The number of nitrogens with one attached hydrogen (secondary N) is 2. The number of methoxy groups -OCH3 is 1. The number of benzene rings is 1. The third kappa shape index (κ3) is 5.58. The van der Waals surface area contributed by atoms with E-state index in [0.717, 1.165) is 31.2 Å². The van der Waals surface area contributed by atoms with Gasteiger partial charge in [-0.25, -0.2) is 9.97 Å². The molecule has 0 bridgehead atoms. The number of carbonyl (C=O) groups is 3. The predicted octanol–water partition coefficient (Wildman–Crippen LogP) is 2.74. The number of fused-ring (bicyclic) bond motifs is 1. The smallest absolute Gasteiger partial charge is 0.316 e. The lowest BCUT2D eigenvalue weighted by atomic mass is 9.95. The Morgan fingerprint density at radius 3 is 2.49 bits per heavy atom. The highest BCUT2D eigenvalue weighted by Crippen LogP contribution is 2.41. The van der Waals surface area contributed by atoms with E-state index >= 15 is 0 Å². The van der Waals surface area contributed by atoms with Crippen molar-refractivity contribution in [1.82, 2.24) is 20.6 Å². The summed E-state index contributed by atoms with van der Waals surface area (Å²) >= 11 is 0. The second kappa shape index (κ2) is 10.8. The molecule has 37 heavy (non-hydrogen) atoms. The third-order valence-electron chi connectivity index (χ3n) is 7.39. The fraction of sp³-hybridized carbons (Fsp3) is 0.519. The zero-order valence-corrected chi connectivity index (χ0v) is 21.4. The van der Waals surface area contributed by atoms with E-state index in [1.54, 1.807) is 35.5 Å². The minimum atomic E-state index is -0.337. The van der Waals surface area contributed by atoms with Crippen molar-refractivity contribution in [3.63, 3.8) is 0 Å². The first-order valence-corrected chi connectivity index (χ1v) is 13.1. The Bertz CT molecular complexity index is 1160. The summed E-state index contributed by atoms with van der Waals surface area (Å²) in [6.45, 7) is 2.01. The Balaban J connectivity index is 1.35. The average molecular weight is 507 g/mol. The number of rotatable bonds is 8. The lowest BCUT2D eigenvalue weighted by Gasteiger charge is -2.37. The Hall–Kier alpha value is -3.53. The van der Waals surface area contributed by atoms with Crippen molar-refractivity contribution in [3.8, 4) is 6.01 Å². The molecular formula is C27H34N6O4. The molecule has 2 saturated carbocycles. The summed E-state index contributed by atoms with van der Waals surface area (Å²) in [4.78, 5) is 51.0. The van der Waals surface area contributed by atoms with Gasteiger partial charge >= 0.3 is 6.01 Å². The van der Waals surface area contributed by atoms with Gasteiger partial charge in [0.25, 0.3) is 5.91 Å². The minimum Gasteiger partial charge on any atom is -0.467 e. The summed E-state index contributed by atoms with van der Waals surface area (Å²) in [7, 11) is 1.49. The molecule has 5 rings (SSSR count). The van der Waals surface area contributed by atoms with Crippen LogP contribution in [-0.2, 0) is 9.59 Å². The monoisotopic (exact) mass is 506 g/mol. The number of amides is 3. The van der Waals surface area contributed by atoms with Gasteiger partial charge in [0.05, 0.1) is 31.1 Å². The maximum atomic E-state index is 13.3. The molecule has 2 heterocycles. The average Bonchev–Trinajstić information content (AvgIpc) is 3.76. The number of carbonyl (C=O) groups excluding carboxylic acids is 3. The summed E-state index contributed by atoms with van der Waals surface area (Å²) in [6.07, 6.45) is 10.9. The van der Waals surface area contributed by atoms with Crippen LogP contribution in [0.3, 0.4) is 0 Å². The highest BCUT2D eigenvalue weighted by Gasteiger charge is 2.40. The van der Waals surface area contributed by atoms with Gasteiger partial charge in [-0.15, -0.1) is 0 Å². The second-order valence-electron chi connectivity index (χ2n) is 10.1. The van der Waals surface area contributed by atoms with E-state index in [1.165, 1.54) is 31.3 Å². The molecule has 0 radical (unpaired) electrons. The molecule has 196 valence electrons. The molecule has 1 atom stereocenters. The summed E-state index contributed by atoms with van der Waals surface area (Å²) in [5.74, 6) is -0.517. The molecule has 10 nitrogen and oxygen atoms in total. The molecule has 2 N–H and O–H groups in total. The van der Waals surface area contributed by atoms with Crippen LogP contribution < -0.4 is 25.2 Å². The largest absolute Gasteiger partial charge is 0.467 e. The first-order chi connectivity index (χ1) is 17.9. The van der Waals surface area contributed by atoms with Gasteiger partial charge in [-0.2, -0.15) is 0 Å². The molecule has 2 fully saturated rings. The number of ether oxygens (including phenoxy) is 1. The lowest BCUT2D eigenvalue weighted by molar-refractivity contribution is -0.122. The SMILES string of the molecule is COc1ncc(C(C)NC(=O)c2ccc3c(c2)N(C(=O)CNC2CCCCC2)CC(=O)N3C2CC2)cn1. The Morgan fingerprint density at radius 2 is 1.81 bits per heavy atom. The van der Waals surface area contributed by atoms with E-state index in [4.69, 9.17) is 4.74 Å². The number of hydrogen-bond acceptors (Lipinski definition) is 7. The van der Waals surface area contributed by atoms with Crippen molar-refractivity contribution in [2.75, 3.05) is 30.0 Å². The zero-order chi connectivity index (χ0) is 25.9. The van der Waals surface area contributed by atoms with Crippen LogP contribution in [-0.4, -0.2) is 60.0 Å². The fourth-order valence-electron chi connectivity index (χ4n) is 5.12. The minimum absolute atomic E-state index is 0.0145. The van der Waals surface area contributed by atoms with Gasteiger partial charge in [0.2, 0.25) is 11.8 Å². The van der Waals surface area contributed by atoms with E-state index in [1.807, 2.05) is 6.92 Å². The van der Waals surface area contributed by atoms with Gasteiger partial charge < -0.3 is 20.3 Å². The standard InChI is InChI=1S/C27H34N6O4/c1-17(19-13-29-27(37-2)30-14-19)31-26(36)18-8-11-22-23(12-18)32(16-25(35)33(22)21-9-10-21)24(34)15-28-20-6-4-3-5-7-20/h8,11-14,17,20-21,28H,3-7,9-10,15-16H2,1-2H3,(H,31,36). The summed E-state index contributed by atoms with van der Waals surface area (Å²) in [5.41, 5.74) is 2.46. The molecule has 1 aliphatic heterocycles. The summed E-state index contributed by atoms with van der Waals surface area (Å²) in [6, 6.07) is 5.64. The molecular weight excluding hydrogens is 472 g/mol. The van der Waals surface area contributed by atoms with Crippen LogP contribution in [0, 0.1) is 0 Å². The van der Waals surface area contributed by atoms with Crippen molar-refractivity contribution in [3.05, 3.63) is 41.7 Å². The number of anilines is 2. The highest BCUT2D eigenvalue weighted by molar-refractivity contribution is 6.13. The first-order valence-electron chi connectivity index (χ1n) is 13.1. The Kier molecular flexibility index (Phi) is 7.36. The van der Waals surface area contributed by atoms with Gasteiger partial charge in [0.15, 0.2) is 0 Å². The molecule has 2 aliphatic carbocycles. The van der Waals surface area contributed by atoms with Crippen molar-refractivity contribution in [1.29, 1.82) is 0 Å². The normalized spacial score (nSPS) is 18.8. The van der Waals surface area contributed by atoms with E-state index < -0.39 is 0 Å². The number of nitrogens with zero attached hydrogens (tertiary/aromatic N) is 4. The van der Waals surface area contributed by atoms with Gasteiger partial charge in [-0.3, -0.25) is 19.3 Å². The van der Waals surface area contributed by atoms with E-state index in [0.29, 0.717) is 23.0 Å². The van der Waals surface area contributed by atoms with Crippen LogP contribution in [0.5, 0.6) is 6.01 Å². The van der Waals surface area contributed by atoms with Crippen LogP contribution >= 0.6 is 0 Å². The second-order valence-corrected chi connectivity index (χ2v) is 10.1. The van der Waals surface area contributed by atoms with Gasteiger partial charge in [0, 0.05) is 35.6 Å². The maximum absolute atomic E-state index is 13.3. The number of aromatic nitrogens is 2. The highest BCUT2D eigenvalue weighted by atomic mass is 16.5. The Labute approximate surface area is 216 Å². The fourth-order valence-corrected chi connectivity index (χ4v) is 5.12. The zero-order valence-electron chi connectivity index (χ0n) is 21.4. The molecule has 2 aromatic rings. The van der Waals surface area contributed by atoms with Crippen molar-refractivity contribution in [2.24, 2.45) is 0 Å². The maximum Gasteiger partial charge on any atom is 0.316 e. The quantitative estimate of drug-likeness (QED) is 0.565. The first kappa shape index (κ1) is 25.1. The molecule has 3 amide bonds. The van der Waals surface area contributed by atoms with Crippen molar-refractivity contribution < 1.29 is 19.1 Å². The van der Waals surface area contributed by atoms with E-state index in [9.17, 15) is 14.4 Å². The molecule has 0 spiro atoms. The van der Waals surface area contributed by atoms with Crippen LogP contribution in [0.15, 0.2) is 30.6 Å². The van der Waals surface area contributed by atoms with Crippen molar-refractivity contribution in [2.45, 2.75) is 70.0 Å². The van der Waals surface area contributed by atoms with E-state index in [2.05, 4.69) is 20.6 Å². The molecule has 1 aromatic carbocycles. The molecule has 10 heteroatoms.